The molecule has 0 radical (unpaired) electrons. The molecule has 262 valence electrons. The molecule has 2 aromatic heterocycles. The van der Waals surface area contributed by atoms with Crippen LogP contribution in [-0.4, -0.2) is 22.3 Å². The van der Waals surface area contributed by atoms with Crippen LogP contribution >= 0.6 is 0 Å². The summed E-state index contributed by atoms with van der Waals surface area (Å²) < 4.78 is 0. The Hall–Kier alpha value is -5.62. The van der Waals surface area contributed by atoms with Crippen molar-refractivity contribution in [2.45, 2.75) is 71.6 Å². The van der Waals surface area contributed by atoms with E-state index in [2.05, 4.69) is 167 Å². The van der Waals surface area contributed by atoms with Gasteiger partial charge in [-0.3, -0.25) is 0 Å². The normalized spacial score (nSPS) is 22.8. The highest BCUT2D eigenvalue weighted by Gasteiger charge is 2.64. The molecule has 5 unspecified atom stereocenters. The molecule has 6 heteroatoms. The van der Waals surface area contributed by atoms with Gasteiger partial charge in [0.15, 0.2) is 11.6 Å². The average molecular weight is 685 g/mol. The van der Waals surface area contributed by atoms with Crippen LogP contribution in [0.25, 0.3) is 0 Å². The van der Waals surface area contributed by atoms with Gasteiger partial charge in [0.2, 0.25) is 0 Å². The number of hydrogen-bond donors (Lipinski definition) is 0. The minimum atomic E-state index is -0.253. The first-order valence-corrected chi connectivity index (χ1v) is 19.1. The summed E-state index contributed by atoms with van der Waals surface area (Å²) in [6.07, 6.45) is 4.87. The standard InChI is InChI=1S/C42H36N6.2C2H6/c1-3-42(37-31-20-10-12-22-33(31)47-36-25-15-26-43-38(36)46(41(37)47)30-18-8-5-9-19-30)28(2)40-45(29-16-6-4-7-17-29)35-24-14-27-44-39(35)48(40)34-23-13-11-21-32(34)42;2*1-2/h4-28,37,40-41H,3H2,1-2H3;2*1-2H3. The van der Waals surface area contributed by atoms with Gasteiger partial charge in [0.1, 0.15) is 12.3 Å². The minimum absolute atomic E-state index is 0.00350. The summed E-state index contributed by atoms with van der Waals surface area (Å²) in [5.41, 5.74) is 9.72. The average Bonchev–Trinajstić information content (AvgIpc) is 3.87. The summed E-state index contributed by atoms with van der Waals surface area (Å²) in [5.74, 6) is 2.35. The molecule has 4 aromatic carbocycles. The fourth-order valence-corrected chi connectivity index (χ4v) is 9.75. The highest BCUT2D eigenvalue weighted by atomic mass is 15.5. The van der Waals surface area contributed by atoms with E-state index in [0.717, 1.165) is 35.1 Å². The third kappa shape index (κ3) is 4.56. The highest BCUT2D eigenvalue weighted by Crippen LogP contribution is 2.67. The van der Waals surface area contributed by atoms with Crippen molar-refractivity contribution in [3.05, 3.63) is 157 Å². The fraction of sp³-hybridized carbons (Fsp3) is 0.261. The number of aromatic nitrogens is 2. The Morgan fingerprint density at radius 3 is 1.63 bits per heavy atom. The van der Waals surface area contributed by atoms with E-state index in [0.29, 0.717) is 0 Å². The van der Waals surface area contributed by atoms with Gasteiger partial charge in [-0.05, 0) is 78.2 Å². The van der Waals surface area contributed by atoms with E-state index in [1.807, 2.05) is 40.1 Å². The molecule has 0 spiro atoms. The molecule has 0 amide bonds. The molecule has 0 bridgehead atoms. The molecule has 6 heterocycles. The lowest BCUT2D eigenvalue weighted by molar-refractivity contribution is 0.174. The van der Waals surface area contributed by atoms with E-state index in [-0.39, 0.29) is 29.6 Å². The summed E-state index contributed by atoms with van der Waals surface area (Å²) in [6.45, 7) is 12.9. The Bertz CT molecular complexity index is 2150. The molecule has 52 heavy (non-hydrogen) atoms. The molecule has 0 fully saturated rings. The summed E-state index contributed by atoms with van der Waals surface area (Å²) in [4.78, 5) is 20.3. The zero-order chi connectivity index (χ0) is 36.0. The molecule has 6 nitrogen and oxygen atoms in total. The van der Waals surface area contributed by atoms with Gasteiger partial charge in [-0.25, -0.2) is 9.97 Å². The molecular weight excluding hydrogens is 637 g/mol. The number of hydrogen-bond acceptors (Lipinski definition) is 6. The number of fused-ring (bicyclic) bond motifs is 10. The number of anilines is 8. The number of pyridine rings is 2. The van der Waals surface area contributed by atoms with Crippen LogP contribution < -0.4 is 19.6 Å². The van der Waals surface area contributed by atoms with Crippen LogP contribution in [0.15, 0.2) is 146 Å². The second-order valence-corrected chi connectivity index (χ2v) is 13.4. The first-order chi connectivity index (χ1) is 25.7. The smallest absolute Gasteiger partial charge is 0.158 e. The molecule has 0 saturated carbocycles. The third-order valence-electron chi connectivity index (χ3n) is 11.5. The van der Waals surface area contributed by atoms with E-state index < -0.39 is 0 Å². The molecule has 4 aliphatic rings. The Labute approximate surface area is 309 Å². The molecule has 0 N–H and O–H groups in total. The largest absolute Gasteiger partial charge is 0.317 e. The summed E-state index contributed by atoms with van der Waals surface area (Å²) in [7, 11) is 0. The Kier molecular flexibility index (Phi) is 8.70. The highest BCUT2D eigenvalue weighted by molar-refractivity contribution is 5.92. The van der Waals surface area contributed by atoms with Crippen LogP contribution in [-0.2, 0) is 5.41 Å². The van der Waals surface area contributed by atoms with Gasteiger partial charge in [0, 0.05) is 52.4 Å². The zero-order valence-electron chi connectivity index (χ0n) is 31.1. The molecular formula is C46H48N6. The molecule has 5 atom stereocenters. The van der Waals surface area contributed by atoms with Gasteiger partial charge in [-0.15, -0.1) is 0 Å². The first kappa shape index (κ1) is 33.5. The van der Waals surface area contributed by atoms with Crippen molar-refractivity contribution >= 4 is 45.8 Å². The van der Waals surface area contributed by atoms with Crippen molar-refractivity contribution in [1.82, 2.24) is 9.97 Å². The van der Waals surface area contributed by atoms with Crippen LogP contribution in [0.5, 0.6) is 0 Å². The van der Waals surface area contributed by atoms with E-state index in [1.165, 1.54) is 28.2 Å². The van der Waals surface area contributed by atoms with Gasteiger partial charge < -0.3 is 19.6 Å². The van der Waals surface area contributed by atoms with Gasteiger partial charge in [-0.2, -0.15) is 0 Å². The van der Waals surface area contributed by atoms with Crippen LogP contribution in [0.3, 0.4) is 0 Å². The zero-order valence-corrected chi connectivity index (χ0v) is 31.1. The first-order valence-electron chi connectivity index (χ1n) is 19.1. The summed E-state index contributed by atoms with van der Waals surface area (Å²) in [6, 6.07) is 48.6. The van der Waals surface area contributed by atoms with Gasteiger partial charge >= 0.3 is 0 Å². The van der Waals surface area contributed by atoms with Gasteiger partial charge in [0.05, 0.1) is 11.4 Å². The lowest BCUT2D eigenvalue weighted by Crippen LogP contribution is -2.60. The van der Waals surface area contributed by atoms with Crippen LogP contribution in [0.2, 0.25) is 0 Å². The Morgan fingerprint density at radius 1 is 0.500 bits per heavy atom. The van der Waals surface area contributed by atoms with E-state index in [1.54, 1.807) is 0 Å². The lowest BCUT2D eigenvalue weighted by Gasteiger charge is -2.56. The summed E-state index contributed by atoms with van der Waals surface area (Å²) >= 11 is 0. The fourth-order valence-electron chi connectivity index (χ4n) is 9.75. The van der Waals surface area contributed by atoms with Gasteiger partial charge in [-0.1, -0.05) is 114 Å². The van der Waals surface area contributed by atoms with Crippen LogP contribution in [0.4, 0.5) is 45.8 Å². The molecule has 0 aliphatic carbocycles. The predicted octanol–water partition coefficient (Wildman–Crippen LogP) is 11.9. The molecule has 10 rings (SSSR count). The van der Waals surface area contributed by atoms with Gasteiger partial charge in [0.25, 0.3) is 0 Å². The maximum Gasteiger partial charge on any atom is 0.158 e. The number of rotatable bonds is 4. The Balaban J connectivity index is 0.000000937. The van der Waals surface area contributed by atoms with Crippen molar-refractivity contribution in [3.63, 3.8) is 0 Å². The van der Waals surface area contributed by atoms with Crippen LogP contribution in [0.1, 0.15) is 65.0 Å². The maximum absolute atomic E-state index is 5.06. The van der Waals surface area contributed by atoms with Crippen molar-refractivity contribution in [2.24, 2.45) is 5.92 Å². The maximum atomic E-state index is 5.06. The second kappa shape index (κ2) is 13.5. The third-order valence-corrected chi connectivity index (χ3v) is 11.5. The second-order valence-electron chi connectivity index (χ2n) is 13.4. The monoisotopic (exact) mass is 684 g/mol. The van der Waals surface area contributed by atoms with E-state index >= 15 is 0 Å². The van der Waals surface area contributed by atoms with Crippen LogP contribution in [0, 0.1) is 5.92 Å². The topological polar surface area (TPSA) is 38.7 Å². The molecule has 6 aromatic rings. The Morgan fingerprint density at radius 2 is 1.00 bits per heavy atom. The lowest BCUT2D eigenvalue weighted by atomic mass is 9.56. The van der Waals surface area contributed by atoms with Crippen molar-refractivity contribution in [2.75, 3.05) is 19.6 Å². The molecule has 4 aliphatic heterocycles. The van der Waals surface area contributed by atoms with Crippen molar-refractivity contribution in [3.8, 4) is 0 Å². The van der Waals surface area contributed by atoms with E-state index in [9.17, 15) is 0 Å². The summed E-state index contributed by atoms with van der Waals surface area (Å²) in [5, 5.41) is 0. The van der Waals surface area contributed by atoms with Crippen molar-refractivity contribution in [1.29, 1.82) is 0 Å². The SMILES string of the molecule is CC.CC.CCC1(C2c3ccccc3N3c4cccnc4N(c4ccccc4)C23)c2ccccc2N2c3ncccc3N(c3ccccc3)C2C1C. The minimum Gasteiger partial charge on any atom is -0.317 e. The number of nitrogens with zero attached hydrogens (tertiary/aromatic N) is 6. The number of para-hydroxylation sites is 4. The quantitative estimate of drug-likeness (QED) is 0.184. The van der Waals surface area contributed by atoms with E-state index in [4.69, 9.17) is 9.97 Å². The molecule has 0 saturated heterocycles. The predicted molar refractivity (Wildman–Crippen MR) is 217 cm³/mol. The number of benzene rings is 4. The van der Waals surface area contributed by atoms with Crippen molar-refractivity contribution < 1.29 is 0 Å².